The number of hydrogen-bond acceptors (Lipinski definition) is 3. The average molecular weight is 476 g/mol. The van der Waals surface area contributed by atoms with Gasteiger partial charge < -0.3 is 21.1 Å². The van der Waals surface area contributed by atoms with Crippen LogP contribution < -0.4 is 16.4 Å². The molecule has 0 aromatic heterocycles. The summed E-state index contributed by atoms with van der Waals surface area (Å²) in [4.78, 5) is 15.7. The maximum atomic E-state index is 11.5. The van der Waals surface area contributed by atoms with Gasteiger partial charge in [0, 0.05) is 18.8 Å². The molecule has 1 unspecified atom stereocenters. The molecule has 0 saturated carbocycles. The van der Waals surface area contributed by atoms with Crippen LogP contribution in [0.1, 0.15) is 58.9 Å². The minimum absolute atomic E-state index is 0. The van der Waals surface area contributed by atoms with Gasteiger partial charge in [0.25, 0.3) is 0 Å². The van der Waals surface area contributed by atoms with Crippen LogP contribution in [0, 0.1) is 0 Å². The Kier molecular flexibility index (Phi) is 11.3. The van der Waals surface area contributed by atoms with Crippen molar-refractivity contribution in [1.82, 2.24) is 5.32 Å². The number of nitrogens with one attached hydrogen (secondary N) is 2. The minimum atomic E-state index is -0.485. The van der Waals surface area contributed by atoms with E-state index in [0.29, 0.717) is 31.4 Å². The molecule has 1 atom stereocenters. The molecular weight excluding hydrogens is 443 g/mol. The molecule has 4 N–H and O–H groups in total. The van der Waals surface area contributed by atoms with E-state index in [9.17, 15) is 4.79 Å². The summed E-state index contributed by atoms with van der Waals surface area (Å²) in [5, 5.41) is 5.77. The lowest BCUT2D eigenvalue weighted by molar-refractivity contribution is 0.0527. The summed E-state index contributed by atoms with van der Waals surface area (Å²) in [6, 6.07) is 8.23. The Balaban J connectivity index is 0.00000625. The zero-order valence-corrected chi connectivity index (χ0v) is 18.8. The summed E-state index contributed by atoms with van der Waals surface area (Å²) in [6.45, 7) is 10.9. The molecule has 1 aromatic carbocycles. The zero-order valence-electron chi connectivity index (χ0n) is 16.5. The van der Waals surface area contributed by atoms with Crippen molar-refractivity contribution in [3.8, 4) is 0 Å². The smallest absolute Gasteiger partial charge is 0.407 e. The van der Waals surface area contributed by atoms with E-state index in [4.69, 9.17) is 10.5 Å². The lowest BCUT2D eigenvalue weighted by Gasteiger charge is -2.19. The molecule has 0 spiro atoms. The number of rotatable bonds is 7. The highest BCUT2D eigenvalue weighted by molar-refractivity contribution is 14.0. The van der Waals surface area contributed by atoms with Crippen LogP contribution in [0.2, 0.25) is 0 Å². The number of nitrogens with zero attached hydrogens (tertiary/aromatic N) is 1. The molecule has 148 valence electrons. The van der Waals surface area contributed by atoms with E-state index < -0.39 is 11.7 Å². The number of alkyl carbamates (subject to hydrolysis) is 1. The van der Waals surface area contributed by atoms with Gasteiger partial charge in [0.1, 0.15) is 5.60 Å². The molecule has 7 heteroatoms. The summed E-state index contributed by atoms with van der Waals surface area (Å²) in [5.74, 6) is 0.922. The molecule has 0 aliphatic heterocycles. The fourth-order valence-electron chi connectivity index (χ4n) is 2.10. The third-order valence-corrected chi connectivity index (χ3v) is 3.65. The van der Waals surface area contributed by atoms with Gasteiger partial charge in [-0.3, -0.25) is 4.99 Å². The number of aliphatic imine (C=N–C) groups is 1. The third-order valence-electron chi connectivity index (χ3n) is 3.65. The lowest BCUT2D eigenvalue weighted by atomic mass is 9.99. The van der Waals surface area contributed by atoms with Gasteiger partial charge in [-0.05, 0) is 57.2 Å². The number of amides is 1. The molecule has 0 bridgehead atoms. The highest BCUT2D eigenvalue weighted by Crippen LogP contribution is 2.20. The molecular formula is C19H33IN4O2. The molecule has 1 rings (SSSR count). The molecule has 1 aromatic rings. The molecule has 26 heavy (non-hydrogen) atoms. The van der Waals surface area contributed by atoms with Crippen LogP contribution in [0.25, 0.3) is 0 Å². The van der Waals surface area contributed by atoms with Crippen LogP contribution in [0.4, 0.5) is 10.5 Å². The molecule has 0 heterocycles. The van der Waals surface area contributed by atoms with Crippen LogP contribution >= 0.6 is 24.0 Å². The molecule has 0 aliphatic rings. The lowest BCUT2D eigenvalue weighted by Crippen LogP contribution is -2.33. The second-order valence-electron chi connectivity index (χ2n) is 7.11. The first-order chi connectivity index (χ1) is 11.7. The Morgan fingerprint density at radius 1 is 1.27 bits per heavy atom. The van der Waals surface area contributed by atoms with E-state index in [0.717, 1.165) is 12.1 Å². The standard InChI is InChI=1S/C19H32N4O2.HI/c1-6-14(2)15-8-10-16(11-9-15)23-17(20)21-12-7-13-22-18(24)25-19(3,4)5;/h8-11,14H,6-7,12-13H2,1-5H3,(H,22,24)(H3,20,21,23);1H. The summed E-state index contributed by atoms with van der Waals surface area (Å²) in [5.41, 5.74) is 7.63. The fraction of sp³-hybridized carbons (Fsp3) is 0.579. The van der Waals surface area contributed by atoms with Crippen molar-refractivity contribution in [2.75, 3.05) is 18.4 Å². The molecule has 0 saturated heterocycles. The Hall–Kier alpha value is -1.51. The van der Waals surface area contributed by atoms with Crippen LogP contribution in [0.5, 0.6) is 0 Å². The van der Waals surface area contributed by atoms with Gasteiger partial charge in [0.05, 0.1) is 0 Å². The van der Waals surface area contributed by atoms with Crippen molar-refractivity contribution in [3.05, 3.63) is 29.8 Å². The van der Waals surface area contributed by atoms with Gasteiger partial charge >= 0.3 is 6.09 Å². The second kappa shape index (κ2) is 12.0. The number of carbonyl (C=O) groups excluding carboxylic acids is 1. The Bertz CT molecular complexity index is 568. The van der Waals surface area contributed by atoms with Gasteiger partial charge in [-0.15, -0.1) is 24.0 Å². The number of anilines is 1. The molecule has 0 radical (unpaired) electrons. The summed E-state index contributed by atoms with van der Waals surface area (Å²) in [6.07, 6.45) is 1.39. The zero-order chi connectivity index (χ0) is 18.9. The SMILES string of the molecule is CCC(C)c1ccc(NC(N)=NCCCNC(=O)OC(C)(C)C)cc1.I. The maximum Gasteiger partial charge on any atom is 0.407 e. The molecule has 1 amide bonds. The number of nitrogens with two attached hydrogens (primary N) is 1. The van der Waals surface area contributed by atoms with Crippen LogP contribution in [-0.4, -0.2) is 30.7 Å². The van der Waals surface area contributed by atoms with Gasteiger partial charge in [0.2, 0.25) is 0 Å². The van der Waals surface area contributed by atoms with Crippen LogP contribution in [0.3, 0.4) is 0 Å². The van der Waals surface area contributed by atoms with Crippen molar-refractivity contribution in [3.63, 3.8) is 0 Å². The van der Waals surface area contributed by atoms with Crippen molar-refractivity contribution >= 4 is 41.7 Å². The number of guanidine groups is 1. The number of ether oxygens (including phenoxy) is 1. The summed E-state index contributed by atoms with van der Waals surface area (Å²) < 4.78 is 5.16. The van der Waals surface area contributed by atoms with Crippen LogP contribution in [0.15, 0.2) is 29.3 Å². The van der Waals surface area contributed by atoms with E-state index in [1.54, 1.807) is 0 Å². The predicted molar refractivity (Wildman–Crippen MR) is 120 cm³/mol. The van der Waals surface area contributed by atoms with E-state index >= 15 is 0 Å². The quantitative estimate of drug-likeness (QED) is 0.235. The number of halogens is 1. The van der Waals surface area contributed by atoms with Gasteiger partial charge in [-0.2, -0.15) is 0 Å². The maximum absolute atomic E-state index is 11.5. The number of benzene rings is 1. The van der Waals surface area contributed by atoms with Crippen molar-refractivity contribution in [1.29, 1.82) is 0 Å². The summed E-state index contributed by atoms with van der Waals surface area (Å²) in [7, 11) is 0. The first-order valence-corrected chi connectivity index (χ1v) is 8.85. The third kappa shape index (κ3) is 10.5. The van der Waals surface area contributed by atoms with Gasteiger partial charge in [-0.1, -0.05) is 26.0 Å². The van der Waals surface area contributed by atoms with E-state index in [1.807, 2.05) is 32.9 Å². The second-order valence-corrected chi connectivity index (χ2v) is 7.11. The number of carbonyl (C=O) groups is 1. The highest BCUT2D eigenvalue weighted by atomic mass is 127. The first-order valence-electron chi connectivity index (χ1n) is 8.85. The Morgan fingerprint density at radius 2 is 1.88 bits per heavy atom. The van der Waals surface area contributed by atoms with Crippen molar-refractivity contribution < 1.29 is 9.53 Å². The average Bonchev–Trinajstić information content (AvgIpc) is 2.52. The topological polar surface area (TPSA) is 88.7 Å². The van der Waals surface area contributed by atoms with Crippen molar-refractivity contribution in [2.24, 2.45) is 10.7 Å². The molecule has 0 aliphatic carbocycles. The summed E-state index contributed by atoms with van der Waals surface area (Å²) >= 11 is 0. The highest BCUT2D eigenvalue weighted by Gasteiger charge is 2.15. The largest absolute Gasteiger partial charge is 0.444 e. The molecule has 0 fully saturated rings. The first kappa shape index (κ1) is 24.5. The van der Waals surface area contributed by atoms with Gasteiger partial charge in [0.15, 0.2) is 5.96 Å². The van der Waals surface area contributed by atoms with Gasteiger partial charge in [-0.25, -0.2) is 4.79 Å². The Labute approximate surface area is 174 Å². The van der Waals surface area contributed by atoms with E-state index in [2.05, 4.69) is 41.6 Å². The van der Waals surface area contributed by atoms with Crippen LogP contribution in [-0.2, 0) is 4.74 Å². The van der Waals surface area contributed by atoms with E-state index in [-0.39, 0.29) is 24.0 Å². The van der Waals surface area contributed by atoms with Crippen molar-refractivity contribution in [2.45, 2.75) is 59.0 Å². The predicted octanol–water partition coefficient (Wildman–Crippen LogP) is 4.46. The normalized spacial score (nSPS) is 12.7. The fourth-order valence-corrected chi connectivity index (χ4v) is 2.10. The number of hydrogen-bond donors (Lipinski definition) is 3. The van der Waals surface area contributed by atoms with E-state index in [1.165, 1.54) is 5.56 Å². The molecule has 6 nitrogen and oxygen atoms in total. The minimum Gasteiger partial charge on any atom is -0.444 e. The Morgan fingerprint density at radius 3 is 2.42 bits per heavy atom. The monoisotopic (exact) mass is 476 g/mol.